The summed E-state index contributed by atoms with van der Waals surface area (Å²) in [5, 5.41) is 8.04. The Morgan fingerprint density at radius 3 is 2.77 bits per heavy atom. The zero-order valence-corrected chi connectivity index (χ0v) is 13.5. The largest absolute Gasteiger partial charge is 0.367 e. The zero-order chi connectivity index (χ0) is 15.7. The summed E-state index contributed by atoms with van der Waals surface area (Å²) in [6.45, 7) is 8.24. The van der Waals surface area contributed by atoms with Gasteiger partial charge < -0.3 is 5.32 Å². The molecular weight excluding hydrogens is 274 g/mol. The van der Waals surface area contributed by atoms with E-state index in [0.29, 0.717) is 0 Å². The minimum absolute atomic E-state index is 0.253. The van der Waals surface area contributed by atoms with Crippen molar-refractivity contribution in [2.75, 3.05) is 5.32 Å². The van der Waals surface area contributed by atoms with Crippen LogP contribution in [0.4, 0.5) is 5.82 Å². The highest BCUT2D eigenvalue weighted by atomic mass is 15.3. The van der Waals surface area contributed by atoms with Crippen LogP contribution in [-0.4, -0.2) is 25.6 Å². The van der Waals surface area contributed by atoms with Gasteiger partial charge in [-0.25, -0.2) is 4.98 Å². The summed E-state index contributed by atoms with van der Waals surface area (Å²) < 4.78 is 1.87. The van der Waals surface area contributed by atoms with Crippen molar-refractivity contribution >= 4 is 11.5 Å². The minimum Gasteiger partial charge on any atom is -0.367 e. The number of nitrogens with zero attached hydrogens (tertiary/aromatic N) is 4. The number of fused-ring (bicyclic) bond motifs is 1. The molecule has 1 atom stereocenters. The van der Waals surface area contributed by atoms with Crippen molar-refractivity contribution < 1.29 is 0 Å². The predicted octanol–water partition coefficient (Wildman–Crippen LogP) is 3.09. The maximum absolute atomic E-state index is 4.51. The molecule has 3 rings (SSSR count). The quantitative estimate of drug-likeness (QED) is 0.803. The lowest BCUT2D eigenvalue weighted by Gasteiger charge is -2.17. The average Bonchev–Trinajstić information content (AvgIpc) is 2.82. The van der Waals surface area contributed by atoms with Crippen LogP contribution in [0, 0.1) is 20.8 Å². The maximum atomic E-state index is 4.51. The van der Waals surface area contributed by atoms with Crippen LogP contribution in [0.15, 0.2) is 30.5 Å². The van der Waals surface area contributed by atoms with Gasteiger partial charge in [0.25, 0.3) is 0 Å². The molecule has 0 spiro atoms. The smallest absolute Gasteiger partial charge is 0.157 e. The van der Waals surface area contributed by atoms with Crippen molar-refractivity contribution in [1.29, 1.82) is 0 Å². The maximum Gasteiger partial charge on any atom is 0.157 e. The molecule has 3 aromatic heterocycles. The number of anilines is 1. The van der Waals surface area contributed by atoms with Gasteiger partial charge in [0.15, 0.2) is 5.65 Å². The first-order chi connectivity index (χ1) is 10.5. The highest BCUT2D eigenvalue weighted by Crippen LogP contribution is 2.16. The second-order valence-electron chi connectivity index (χ2n) is 5.85. The second kappa shape index (κ2) is 5.75. The molecule has 0 saturated carbocycles. The summed E-state index contributed by atoms with van der Waals surface area (Å²) in [5.74, 6) is 0.969. The molecular formula is C17H21N5. The van der Waals surface area contributed by atoms with E-state index in [1.165, 1.54) is 5.56 Å². The fraction of sp³-hybridized carbons (Fsp3) is 0.353. The molecule has 5 heteroatoms. The molecule has 0 amide bonds. The Morgan fingerprint density at radius 2 is 2.00 bits per heavy atom. The van der Waals surface area contributed by atoms with Crippen molar-refractivity contribution in [3.8, 4) is 0 Å². The van der Waals surface area contributed by atoms with E-state index in [-0.39, 0.29) is 6.04 Å². The topological polar surface area (TPSA) is 55.1 Å². The molecule has 3 aromatic rings. The van der Waals surface area contributed by atoms with Gasteiger partial charge in [-0.2, -0.15) is 9.61 Å². The van der Waals surface area contributed by atoms with Gasteiger partial charge in [0, 0.05) is 42.2 Å². The van der Waals surface area contributed by atoms with E-state index in [4.69, 9.17) is 0 Å². The van der Waals surface area contributed by atoms with Gasteiger partial charge in [-0.3, -0.25) is 4.98 Å². The first-order valence-corrected chi connectivity index (χ1v) is 7.54. The third kappa shape index (κ3) is 2.93. The molecule has 0 radical (unpaired) electrons. The number of pyridine rings is 1. The molecule has 114 valence electrons. The summed E-state index contributed by atoms with van der Waals surface area (Å²) in [7, 11) is 0. The first-order valence-electron chi connectivity index (χ1n) is 7.54. The summed E-state index contributed by atoms with van der Waals surface area (Å²) in [4.78, 5) is 8.98. The summed E-state index contributed by atoms with van der Waals surface area (Å²) >= 11 is 0. The van der Waals surface area contributed by atoms with Gasteiger partial charge in [0.2, 0.25) is 0 Å². The van der Waals surface area contributed by atoms with Crippen LogP contribution in [-0.2, 0) is 6.42 Å². The SMILES string of the molecule is Cc1cc(N[C@H](C)Cc2ncccc2C)n2nc(C)cc2n1. The van der Waals surface area contributed by atoms with Gasteiger partial charge in [-0.15, -0.1) is 0 Å². The molecule has 0 aliphatic carbocycles. The molecule has 0 aliphatic rings. The zero-order valence-electron chi connectivity index (χ0n) is 13.5. The first kappa shape index (κ1) is 14.5. The van der Waals surface area contributed by atoms with Crippen LogP contribution in [0.5, 0.6) is 0 Å². The third-order valence-electron chi connectivity index (χ3n) is 3.69. The molecule has 3 heterocycles. The Morgan fingerprint density at radius 1 is 1.18 bits per heavy atom. The van der Waals surface area contributed by atoms with E-state index in [1.54, 1.807) is 0 Å². The van der Waals surface area contributed by atoms with Crippen LogP contribution in [0.3, 0.4) is 0 Å². The van der Waals surface area contributed by atoms with E-state index in [2.05, 4.69) is 40.3 Å². The number of aryl methyl sites for hydroxylation is 3. The van der Waals surface area contributed by atoms with Crippen LogP contribution < -0.4 is 5.32 Å². The van der Waals surface area contributed by atoms with E-state index < -0.39 is 0 Å². The highest BCUT2D eigenvalue weighted by molar-refractivity contribution is 5.50. The molecule has 0 aliphatic heterocycles. The third-order valence-corrected chi connectivity index (χ3v) is 3.69. The van der Waals surface area contributed by atoms with Crippen molar-refractivity contribution in [3.63, 3.8) is 0 Å². The van der Waals surface area contributed by atoms with Gasteiger partial charge in [-0.1, -0.05) is 6.07 Å². The molecule has 0 fully saturated rings. The lowest BCUT2D eigenvalue weighted by molar-refractivity contribution is 0.748. The van der Waals surface area contributed by atoms with E-state index in [9.17, 15) is 0 Å². The van der Waals surface area contributed by atoms with Crippen molar-refractivity contribution in [1.82, 2.24) is 19.6 Å². The van der Waals surface area contributed by atoms with Gasteiger partial charge in [0.05, 0.1) is 5.69 Å². The van der Waals surface area contributed by atoms with E-state index in [1.807, 2.05) is 42.8 Å². The van der Waals surface area contributed by atoms with Gasteiger partial charge in [-0.05, 0) is 39.3 Å². The average molecular weight is 295 g/mol. The predicted molar refractivity (Wildman–Crippen MR) is 88.2 cm³/mol. The number of nitrogens with one attached hydrogen (secondary N) is 1. The second-order valence-corrected chi connectivity index (χ2v) is 5.85. The highest BCUT2D eigenvalue weighted by Gasteiger charge is 2.11. The van der Waals surface area contributed by atoms with Gasteiger partial charge in [0.1, 0.15) is 5.82 Å². The Bertz CT molecular complexity index is 806. The molecule has 0 aromatic carbocycles. The van der Waals surface area contributed by atoms with E-state index >= 15 is 0 Å². The molecule has 5 nitrogen and oxygen atoms in total. The van der Waals surface area contributed by atoms with Crippen LogP contribution in [0.1, 0.15) is 29.6 Å². The normalized spacial score (nSPS) is 12.5. The molecule has 0 saturated heterocycles. The number of hydrogen-bond donors (Lipinski definition) is 1. The number of aromatic nitrogens is 4. The monoisotopic (exact) mass is 295 g/mol. The van der Waals surface area contributed by atoms with Crippen LogP contribution >= 0.6 is 0 Å². The van der Waals surface area contributed by atoms with Crippen molar-refractivity contribution in [2.24, 2.45) is 0 Å². The summed E-state index contributed by atoms with van der Waals surface area (Å²) in [5.41, 5.74) is 5.18. The fourth-order valence-electron chi connectivity index (χ4n) is 2.64. The van der Waals surface area contributed by atoms with Crippen LogP contribution in [0.2, 0.25) is 0 Å². The molecule has 1 N–H and O–H groups in total. The number of rotatable bonds is 4. The molecule has 0 unspecified atom stereocenters. The molecule has 22 heavy (non-hydrogen) atoms. The van der Waals surface area contributed by atoms with Crippen molar-refractivity contribution in [2.45, 2.75) is 40.2 Å². The van der Waals surface area contributed by atoms with E-state index in [0.717, 1.165) is 35.0 Å². The fourth-order valence-corrected chi connectivity index (χ4v) is 2.64. The Balaban J connectivity index is 1.85. The van der Waals surface area contributed by atoms with Crippen LogP contribution in [0.25, 0.3) is 5.65 Å². The minimum atomic E-state index is 0.253. The standard InChI is InChI=1S/C17H21N5/c1-11-6-5-7-18-15(11)8-12(2)19-16-9-13(3)20-17-10-14(4)21-22(16)17/h5-7,9-10,12,19H,8H2,1-4H3/t12-/m1/s1. The lowest BCUT2D eigenvalue weighted by atomic mass is 10.1. The van der Waals surface area contributed by atoms with Crippen molar-refractivity contribution in [3.05, 3.63) is 53.1 Å². The Kier molecular flexibility index (Phi) is 3.79. The number of hydrogen-bond acceptors (Lipinski definition) is 4. The Hall–Kier alpha value is -2.43. The summed E-state index contributed by atoms with van der Waals surface area (Å²) in [6, 6.07) is 8.34. The lowest BCUT2D eigenvalue weighted by Crippen LogP contribution is -2.21. The Labute approximate surface area is 130 Å². The van der Waals surface area contributed by atoms with Gasteiger partial charge >= 0.3 is 0 Å². The summed E-state index contributed by atoms with van der Waals surface area (Å²) in [6.07, 6.45) is 2.72. The molecule has 0 bridgehead atoms.